The second-order valence-corrected chi connectivity index (χ2v) is 8.96. The van der Waals surface area contributed by atoms with E-state index in [0.29, 0.717) is 37.4 Å². The molecule has 5 rings (SSSR count). The lowest BCUT2D eigenvalue weighted by Gasteiger charge is -2.34. The van der Waals surface area contributed by atoms with Crippen molar-refractivity contribution in [2.75, 3.05) is 31.1 Å². The molecule has 1 aliphatic rings. The van der Waals surface area contributed by atoms with E-state index in [9.17, 15) is 19.3 Å². The molecule has 11 heteroatoms. The van der Waals surface area contributed by atoms with Crippen molar-refractivity contribution in [3.63, 3.8) is 0 Å². The molecule has 0 aliphatic carbocycles. The number of benzene rings is 2. The Bertz CT molecular complexity index is 1420. The maximum atomic E-state index is 14.3. The average molecular weight is 495 g/mol. The largest absolute Gasteiger partial charge is 0.465 e. The number of piperazine rings is 1. The molecule has 35 heavy (non-hydrogen) atoms. The van der Waals surface area contributed by atoms with Crippen LogP contribution in [0.3, 0.4) is 0 Å². The SMILES string of the molecule is O=C(O)N1CCN(c2ccc(-c3cc4nccc(Oc5ccc([N+](=O)[O-])cc5F)c4s3)cc2)CC1. The highest BCUT2D eigenvalue weighted by atomic mass is 32.1. The number of amides is 1. The van der Waals surface area contributed by atoms with Gasteiger partial charge in [-0.2, -0.15) is 0 Å². The average Bonchev–Trinajstić information content (AvgIpc) is 3.31. The highest BCUT2D eigenvalue weighted by Gasteiger charge is 2.21. The second kappa shape index (κ2) is 9.18. The molecule has 2 aromatic carbocycles. The first-order valence-electron chi connectivity index (χ1n) is 10.7. The number of carboxylic acid groups (broad SMARTS) is 1. The quantitative estimate of drug-likeness (QED) is 0.284. The van der Waals surface area contributed by atoms with Gasteiger partial charge in [0.05, 0.1) is 21.2 Å². The number of thiophene rings is 1. The number of non-ortho nitro benzene ring substituents is 1. The van der Waals surface area contributed by atoms with Crippen molar-refractivity contribution in [2.24, 2.45) is 0 Å². The Kier molecular flexibility index (Phi) is 5.91. The normalized spacial score (nSPS) is 13.7. The Morgan fingerprint density at radius 3 is 2.46 bits per heavy atom. The Labute approximate surface area is 202 Å². The molecule has 2 aromatic heterocycles. The topological polar surface area (TPSA) is 109 Å². The fraction of sp³-hybridized carbons (Fsp3) is 0.167. The van der Waals surface area contributed by atoms with Crippen molar-refractivity contribution in [1.29, 1.82) is 0 Å². The summed E-state index contributed by atoms with van der Waals surface area (Å²) in [4.78, 5) is 30.2. The number of nitro groups is 1. The molecule has 0 radical (unpaired) electrons. The van der Waals surface area contributed by atoms with E-state index in [1.54, 1.807) is 12.3 Å². The Hall–Kier alpha value is -4.25. The highest BCUT2D eigenvalue weighted by molar-refractivity contribution is 7.22. The number of carbonyl (C=O) groups is 1. The zero-order chi connectivity index (χ0) is 24.5. The highest BCUT2D eigenvalue weighted by Crippen LogP contribution is 2.40. The van der Waals surface area contributed by atoms with E-state index < -0.39 is 16.8 Å². The Morgan fingerprint density at radius 2 is 1.80 bits per heavy atom. The molecule has 9 nitrogen and oxygen atoms in total. The minimum absolute atomic E-state index is 0.106. The summed E-state index contributed by atoms with van der Waals surface area (Å²) in [7, 11) is 0. The van der Waals surface area contributed by atoms with Crippen LogP contribution in [0, 0.1) is 15.9 Å². The molecule has 0 bridgehead atoms. The van der Waals surface area contributed by atoms with Crippen molar-refractivity contribution >= 4 is 39.0 Å². The van der Waals surface area contributed by atoms with E-state index in [2.05, 4.69) is 9.88 Å². The molecule has 4 aromatic rings. The van der Waals surface area contributed by atoms with Crippen LogP contribution in [0.25, 0.3) is 20.7 Å². The first-order chi connectivity index (χ1) is 16.9. The van der Waals surface area contributed by atoms with Crippen molar-refractivity contribution in [3.05, 3.63) is 76.7 Å². The van der Waals surface area contributed by atoms with E-state index >= 15 is 0 Å². The molecule has 0 saturated carbocycles. The van der Waals surface area contributed by atoms with Crippen LogP contribution in [0.4, 0.5) is 20.6 Å². The number of aromatic nitrogens is 1. The van der Waals surface area contributed by atoms with E-state index in [1.807, 2.05) is 30.3 Å². The summed E-state index contributed by atoms with van der Waals surface area (Å²) < 4.78 is 20.8. The molecule has 3 heterocycles. The van der Waals surface area contributed by atoms with Gasteiger partial charge >= 0.3 is 6.09 Å². The van der Waals surface area contributed by atoms with E-state index in [0.717, 1.165) is 26.9 Å². The third-order valence-corrected chi connectivity index (χ3v) is 6.98. The molecule has 1 fully saturated rings. The lowest BCUT2D eigenvalue weighted by molar-refractivity contribution is -0.385. The first kappa shape index (κ1) is 22.5. The lowest BCUT2D eigenvalue weighted by Crippen LogP contribution is -2.48. The molecule has 1 N–H and O–H groups in total. The summed E-state index contributed by atoms with van der Waals surface area (Å²) >= 11 is 1.45. The lowest BCUT2D eigenvalue weighted by atomic mass is 10.1. The zero-order valence-electron chi connectivity index (χ0n) is 18.3. The predicted molar refractivity (Wildman–Crippen MR) is 130 cm³/mol. The van der Waals surface area contributed by atoms with Crippen molar-refractivity contribution in [1.82, 2.24) is 9.88 Å². The third kappa shape index (κ3) is 4.58. The minimum Gasteiger partial charge on any atom is -0.465 e. The summed E-state index contributed by atoms with van der Waals surface area (Å²) in [6, 6.07) is 14.8. The number of ether oxygens (including phenoxy) is 1. The van der Waals surface area contributed by atoms with Gasteiger partial charge in [-0.3, -0.25) is 15.1 Å². The first-order valence-corrected chi connectivity index (χ1v) is 11.5. The van der Waals surface area contributed by atoms with Crippen molar-refractivity contribution in [3.8, 4) is 21.9 Å². The van der Waals surface area contributed by atoms with Crippen LogP contribution >= 0.6 is 11.3 Å². The summed E-state index contributed by atoms with van der Waals surface area (Å²) in [5, 5.41) is 20.0. The number of rotatable bonds is 5. The van der Waals surface area contributed by atoms with Crippen LogP contribution in [0.1, 0.15) is 0 Å². The third-order valence-electron chi connectivity index (χ3n) is 5.79. The molecule has 178 valence electrons. The second-order valence-electron chi connectivity index (χ2n) is 7.91. The molecule has 0 atom stereocenters. The molecule has 0 unspecified atom stereocenters. The number of nitro benzene ring substituents is 1. The molecular formula is C24H19FN4O5S. The van der Waals surface area contributed by atoms with Gasteiger partial charge in [-0.1, -0.05) is 12.1 Å². The molecule has 1 aliphatic heterocycles. The van der Waals surface area contributed by atoms with Crippen LogP contribution < -0.4 is 9.64 Å². The molecule has 1 amide bonds. The number of halogens is 1. The van der Waals surface area contributed by atoms with Gasteiger partial charge in [0, 0.05) is 55.1 Å². The van der Waals surface area contributed by atoms with Gasteiger partial charge in [0.2, 0.25) is 0 Å². The van der Waals surface area contributed by atoms with Gasteiger partial charge < -0.3 is 19.6 Å². The standard InChI is InChI=1S/C24H19FN4O5S/c25-18-13-17(29(32)33)5-6-20(18)34-21-7-8-26-19-14-22(35-23(19)21)15-1-3-16(4-2-15)27-9-11-28(12-10-27)24(30)31/h1-8,13-14H,9-12H2,(H,30,31). The number of hydrogen-bond donors (Lipinski definition) is 1. The van der Waals surface area contributed by atoms with Crippen LogP contribution in [-0.2, 0) is 0 Å². The molecule has 1 saturated heterocycles. The summed E-state index contributed by atoms with van der Waals surface area (Å²) in [6.07, 6.45) is 0.676. The predicted octanol–water partition coefficient (Wildman–Crippen LogP) is 5.60. The van der Waals surface area contributed by atoms with Crippen LogP contribution in [-0.4, -0.2) is 52.2 Å². The number of nitrogens with zero attached hydrogens (tertiary/aromatic N) is 4. The number of pyridine rings is 1. The van der Waals surface area contributed by atoms with Crippen LogP contribution in [0.5, 0.6) is 11.5 Å². The number of hydrogen-bond acceptors (Lipinski definition) is 7. The van der Waals surface area contributed by atoms with Gasteiger partial charge in [0.1, 0.15) is 5.75 Å². The Morgan fingerprint density at radius 1 is 1.06 bits per heavy atom. The van der Waals surface area contributed by atoms with Crippen molar-refractivity contribution < 1.29 is 24.0 Å². The van der Waals surface area contributed by atoms with Crippen molar-refractivity contribution in [2.45, 2.75) is 0 Å². The van der Waals surface area contributed by atoms with E-state index in [-0.39, 0.29) is 11.4 Å². The summed E-state index contributed by atoms with van der Waals surface area (Å²) in [5.41, 5.74) is 2.35. The summed E-state index contributed by atoms with van der Waals surface area (Å²) in [5.74, 6) is -0.516. The summed E-state index contributed by atoms with van der Waals surface area (Å²) in [6.45, 7) is 2.21. The maximum Gasteiger partial charge on any atom is 0.407 e. The van der Waals surface area contributed by atoms with Crippen LogP contribution in [0.15, 0.2) is 60.8 Å². The van der Waals surface area contributed by atoms with E-state index in [4.69, 9.17) is 9.84 Å². The fourth-order valence-corrected chi connectivity index (χ4v) is 5.01. The number of anilines is 1. The van der Waals surface area contributed by atoms with Gasteiger partial charge in [-0.15, -0.1) is 11.3 Å². The fourth-order valence-electron chi connectivity index (χ4n) is 3.93. The zero-order valence-corrected chi connectivity index (χ0v) is 19.1. The van der Waals surface area contributed by atoms with Crippen LogP contribution in [0.2, 0.25) is 0 Å². The van der Waals surface area contributed by atoms with Gasteiger partial charge in [0.25, 0.3) is 5.69 Å². The monoisotopic (exact) mass is 494 g/mol. The molecular weight excluding hydrogens is 475 g/mol. The number of fused-ring (bicyclic) bond motifs is 1. The Balaban J connectivity index is 1.36. The van der Waals surface area contributed by atoms with Gasteiger partial charge in [-0.05, 0) is 29.8 Å². The van der Waals surface area contributed by atoms with E-state index in [1.165, 1.54) is 28.4 Å². The maximum absolute atomic E-state index is 14.3. The smallest absolute Gasteiger partial charge is 0.407 e. The van der Waals surface area contributed by atoms with Gasteiger partial charge in [-0.25, -0.2) is 9.18 Å². The van der Waals surface area contributed by atoms with Gasteiger partial charge in [0.15, 0.2) is 11.6 Å². The minimum atomic E-state index is -0.891. The molecule has 0 spiro atoms.